The fourth-order valence-electron chi connectivity index (χ4n) is 3.38. The van der Waals surface area contributed by atoms with Crippen LogP contribution >= 0.6 is 0 Å². The summed E-state index contributed by atoms with van der Waals surface area (Å²) < 4.78 is 8.13. The Morgan fingerprint density at radius 3 is 2.83 bits per heavy atom. The Morgan fingerprint density at radius 1 is 1.12 bits per heavy atom. The summed E-state index contributed by atoms with van der Waals surface area (Å²) >= 11 is 0. The van der Waals surface area contributed by atoms with Crippen molar-refractivity contribution >= 4 is 10.8 Å². The number of aromatic nitrogens is 3. The summed E-state index contributed by atoms with van der Waals surface area (Å²) in [5.74, 6) is 0.874. The van der Waals surface area contributed by atoms with Gasteiger partial charge in [0.05, 0.1) is 12.4 Å². The minimum Gasteiger partial charge on any atom is -0.487 e. The molecule has 0 saturated carbocycles. The fraction of sp³-hybridized carbons (Fsp3) is 0.368. The van der Waals surface area contributed by atoms with Gasteiger partial charge in [0.1, 0.15) is 11.9 Å². The van der Waals surface area contributed by atoms with Crippen molar-refractivity contribution in [3.63, 3.8) is 0 Å². The molecule has 1 saturated heterocycles. The molecule has 0 amide bonds. The van der Waals surface area contributed by atoms with E-state index in [4.69, 9.17) is 4.74 Å². The topological polar surface area (TPSA) is 43.2 Å². The molecular weight excluding hydrogens is 300 g/mol. The van der Waals surface area contributed by atoms with Crippen molar-refractivity contribution in [2.24, 2.45) is 7.05 Å². The van der Waals surface area contributed by atoms with Crippen molar-refractivity contribution in [1.29, 1.82) is 0 Å². The predicted molar refractivity (Wildman–Crippen MR) is 95.1 cm³/mol. The van der Waals surface area contributed by atoms with E-state index < -0.39 is 0 Å². The summed E-state index contributed by atoms with van der Waals surface area (Å²) in [5.41, 5.74) is 2.26. The van der Waals surface area contributed by atoms with E-state index >= 15 is 0 Å². The third-order valence-corrected chi connectivity index (χ3v) is 4.64. The lowest BCUT2D eigenvalue weighted by Gasteiger charge is -2.30. The quantitative estimate of drug-likeness (QED) is 0.743. The van der Waals surface area contributed by atoms with Gasteiger partial charge in [-0.3, -0.25) is 9.67 Å². The van der Waals surface area contributed by atoms with Crippen molar-refractivity contribution in [3.05, 3.63) is 43.0 Å². The van der Waals surface area contributed by atoms with E-state index in [2.05, 4.69) is 40.2 Å². The Hall–Kier alpha value is -2.40. The summed E-state index contributed by atoms with van der Waals surface area (Å²) in [5, 5.41) is 6.48. The van der Waals surface area contributed by atoms with Crippen LogP contribution in [-0.2, 0) is 7.05 Å². The van der Waals surface area contributed by atoms with E-state index in [1.807, 2.05) is 36.5 Å². The minimum absolute atomic E-state index is 0.234. The van der Waals surface area contributed by atoms with Crippen LogP contribution in [0.4, 0.5) is 0 Å². The summed E-state index contributed by atoms with van der Waals surface area (Å²) in [6, 6.07) is 6.39. The molecule has 1 aromatic carbocycles. The molecule has 1 aliphatic heterocycles. The number of aryl methyl sites for hydroxylation is 1. The normalized spacial score (nSPS) is 18.8. The van der Waals surface area contributed by atoms with E-state index in [1.165, 1.54) is 6.42 Å². The Bertz CT molecular complexity index is 857. The first-order valence-electron chi connectivity index (χ1n) is 8.41. The highest BCUT2D eigenvalue weighted by Crippen LogP contribution is 2.31. The summed E-state index contributed by atoms with van der Waals surface area (Å²) in [7, 11) is 4.08. The van der Waals surface area contributed by atoms with Gasteiger partial charge in [0.25, 0.3) is 0 Å². The lowest BCUT2D eigenvalue weighted by molar-refractivity contribution is 0.105. The molecule has 0 bridgehead atoms. The lowest BCUT2D eigenvalue weighted by Crippen LogP contribution is -2.38. The predicted octanol–water partition coefficient (Wildman–Crippen LogP) is 3.11. The molecule has 24 heavy (non-hydrogen) atoms. The highest BCUT2D eigenvalue weighted by molar-refractivity contribution is 5.91. The van der Waals surface area contributed by atoms with Crippen molar-refractivity contribution in [2.45, 2.75) is 18.9 Å². The molecule has 0 spiro atoms. The van der Waals surface area contributed by atoms with Crippen LogP contribution in [0, 0.1) is 0 Å². The molecule has 3 heterocycles. The van der Waals surface area contributed by atoms with E-state index in [1.54, 1.807) is 0 Å². The van der Waals surface area contributed by atoms with Crippen LogP contribution in [0.2, 0.25) is 0 Å². The molecule has 1 unspecified atom stereocenters. The van der Waals surface area contributed by atoms with Crippen LogP contribution in [0.25, 0.3) is 21.9 Å². The zero-order valence-corrected chi connectivity index (χ0v) is 14.1. The van der Waals surface area contributed by atoms with E-state index in [9.17, 15) is 0 Å². The summed E-state index contributed by atoms with van der Waals surface area (Å²) in [4.78, 5) is 6.68. The smallest absolute Gasteiger partial charge is 0.145 e. The standard InChI is InChI=1S/C19H22N4O/c1-22-7-3-4-17(13-22)24-19-11-20-9-15-6-5-14(8-18(15)19)16-10-21-23(2)12-16/h5-6,8-12,17H,3-4,7,13H2,1-2H3. The van der Waals surface area contributed by atoms with Gasteiger partial charge in [-0.1, -0.05) is 12.1 Å². The highest BCUT2D eigenvalue weighted by atomic mass is 16.5. The van der Waals surface area contributed by atoms with Crippen molar-refractivity contribution < 1.29 is 4.74 Å². The lowest BCUT2D eigenvalue weighted by atomic mass is 10.0. The molecule has 3 aromatic rings. The van der Waals surface area contributed by atoms with Crippen molar-refractivity contribution in [3.8, 4) is 16.9 Å². The summed E-state index contributed by atoms with van der Waals surface area (Å²) in [6.07, 6.45) is 10.2. The van der Waals surface area contributed by atoms with Gasteiger partial charge in [-0.05, 0) is 38.1 Å². The number of ether oxygens (including phenoxy) is 1. The molecule has 0 aliphatic carbocycles. The van der Waals surface area contributed by atoms with Crippen LogP contribution in [0.15, 0.2) is 43.0 Å². The van der Waals surface area contributed by atoms with Crippen LogP contribution in [0.1, 0.15) is 12.8 Å². The average molecular weight is 322 g/mol. The van der Waals surface area contributed by atoms with Gasteiger partial charge in [-0.2, -0.15) is 5.10 Å². The second kappa shape index (κ2) is 6.24. The van der Waals surface area contributed by atoms with E-state index in [0.29, 0.717) is 0 Å². The third-order valence-electron chi connectivity index (χ3n) is 4.64. The number of hydrogen-bond donors (Lipinski definition) is 0. The molecule has 0 radical (unpaired) electrons. The first kappa shape index (κ1) is 15.1. The molecule has 1 atom stereocenters. The van der Waals surface area contributed by atoms with Crippen LogP contribution in [0.5, 0.6) is 5.75 Å². The first-order valence-corrected chi connectivity index (χ1v) is 8.41. The molecular formula is C19H22N4O. The monoisotopic (exact) mass is 322 g/mol. The fourth-order valence-corrected chi connectivity index (χ4v) is 3.38. The molecule has 0 N–H and O–H groups in total. The second-order valence-electron chi connectivity index (χ2n) is 6.62. The summed E-state index contributed by atoms with van der Waals surface area (Å²) in [6.45, 7) is 2.12. The van der Waals surface area contributed by atoms with Gasteiger partial charge in [0.2, 0.25) is 0 Å². The number of hydrogen-bond acceptors (Lipinski definition) is 4. The Morgan fingerprint density at radius 2 is 2.04 bits per heavy atom. The van der Waals surface area contributed by atoms with Crippen molar-refractivity contribution in [2.75, 3.05) is 20.1 Å². The minimum atomic E-state index is 0.234. The Balaban J connectivity index is 1.69. The van der Waals surface area contributed by atoms with Crippen LogP contribution in [-0.4, -0.2) is 45.9 Å². The highest BCUT2D eigenvalue weighted by Gasteiger charge is 2.19. The van der Waals surface area contributed by atoms with Gasteiger partial charge >= 0.3 is 0 Å². The van der Waals surface area contributed by atoms with Gasteiger partial charge in [-0.25, -0.2) is 0 Å². The van der Waals surface area contributed by atoms with Gasteiger partial charge in [0.15, 0.2) is 0 Å². The number of likely N-dealkylation sites (tertiary alicyclic amines) is 1. The number of rotatable bonds is 3. The van der Waals surface area contributed by atoms with E-state index in [-0.39, 0.29) is 6.10 Å². The first-order chi connectivity index (χ1) is 11.7. The number of likely N-dealkylation sites (N-methyl/N-ethyl adjacent to an activating group) is 1. The molecule has 5 nitrogen and oxygen atoms in total. The van der Waals surface area contributed by atoms with Gasteiger partial charge in [-0.15, -0.1) is 0 Å². The average Bonchev–Trinajstić information content (AvgIpc) is 3.01. The van der Waals surface area contributed by atoms with Crippen LogP contribution in [0.3, 0.4) is 0 Å². The Labute approximate surface area is 141 Å². The number of fused-ring (bicyclic) bond motifs is 1. The number of benzene rings is 1. The molecule has 1 aliphatic rings. The SMILES string of the molecule is CN1CCCC(Oc2cncc3ccc(-c4cnn(C)c4)cc23)C1. The molecule has 1 fully saturated rings. The second-order valence-corrected chi connectivity index (χ2v) is 6.62. The van der Waals surface area contributed by atoms with Crippen LogP contribution < -0.4 is 4.74 Å². The maximum absolute atomic E-state index is 6.31. The van der Waals surface area contributed by atoms with Gasteiger partial charge < -0.3 is 9.64 Å². The van der Waals surface area contributed by atoms with Gasteiger partial charge in [0, 0.05) is 42.3 Å². The largest absolute Gasteiger partial charge is 0.487 e. The molecule has 4 rings (SSSR count). The zero-order valence-electron chi connectivity index (χ0n) is 14.1. The molecule has 124 valence electrons. The maximum Gasteiger partial charge on any atom is 0.145 e. The maximum atomic E-state index is 6.31. The third kappa shape index (κ3) is 2.99. The molecule has 2 aromatic heterocycles. The van der Waals surface area contributed by atoms with E-state index in [0.717, 1.165) is 47.2 Å². The molecule has 5 heteroatoms. The zero-order chi connectivity index (χ0) is 16.5. The Kier molecular flexibility index (Phi) is 3.94. The number of pyridine rings is 1. The number of nitrogens with zero attached hydrogens (tertiary/aromatic N) is 4. The van der Waals surface area contributed by atoms with Crippen molar-refractivity contribution in [1.82, 2.24) is 19.7 Å². The number of piperidine rings is 1.